The van der Waals surface area contributed by atoms with Crippen molar-refractivity contribution in [1.29, 1.82) is 0 Å². The molecular formula is C17H34N4. The molecule has 2 unspecified atom stereocenters. The van der Waals surface area contributed by atoms with Crippen LogP contribution in [0.25, 0.3) is 0 Å². The fourth-order valence-electron chi connectivity index (χ4n) is 3.52. The average Bonchev–Trinajstić information content (AvgIpc) is 2.85. The van der Waals surface area contributed by atoms with Crippen LogP contribution in [0.4, 0.5) is 0 Å². The molecule has 0 spiro atoms. The zero-order valence-electron chi connectivity index (χ0n) is 15.0. The van der Waals surface area contributed by atoms with Gasteiger partial charge in [0, 0.05) is 30.2 Å². The third-order valence-electron chi connectivity index (χ3n) is 5.00. The van der Waals surface area contributed by atoms with Crippen LogP contribution in [0.15, 0.2) is 6.07 Å². The van der Waals surface area contributed by atoms with Crippen LogP contribution in [-0.4, -0.2) is 46.4 Å². The van der Waals surface area contributed by atoms with Gasteiger partial charge in [0.25, 0.3) is 0 Å². The van der Waals surface area contributed by atoms with E-state index in [9.17, 15) is 0 Å². The number of likely N-dealkylation sites (N-methyl/N-ethyl adjacent to an activating group) is 2. The van der Waals surface area contributed by atoms with Crippen LogP contribution < -0.4 is 5.32 Å². The van der Waals surface area contributed by atoms with Crippen molar-refractivity contribution in [3.63, 3.8) is 0 Å². The quantitative estimate of drug-likeness (QED) is 0.760. The molecule has 1 heterocycles. The predicted octanol–water partition coefficient (Wildman–Crippen LogP) is 2.85. The molecule has 0 saturated carbocycles. The third-order valence-corrected chi connectivity index (χ3v) is 5.00. The average molecular weight is 294 g/mol. The van der Waals surface area contributed by atoms with Crippen molar-refractivity contribution in [2.45, 2.75) is 72.5 Å². The summed E-state index contributed by atoms with van der Waals surface area (Å²) in [5, 5.41) is 8.15. The largest absolute Gasteiger partial charge is 0.315 e. The molecule has 21 heavy (non-hydrogen) atoms. The van der Waals surface area contributed by atoms with E-state index < -0.39 is 0 Å². The van der Waals surface area contributed by atoms with Crippen LogP contribution in [0, 0.1) is 6.92 Å². The zero-order chi connectivity index (χ0) is 16.0. The van der Waals surface area contributed by atoms with E-state index in [0.29, 0.717) is 6.04 Å². The molecular weight excluding hydrogens is 260 g/mol. The minimum Gasteiger partial charge on any atom is -0.315 e. The first-order chi connectivity index (χ1) is 9.96. The summed E-state index contributed by atoms with van der Waals surface area (Å²) in [7, 11) is 2.08. The Hall–Kier alpha value is -0.870. The topological polar surface area (TPSA) is 33.1 Å². The molecule has 1 aromatic rings. The van der Waals surface area contributed by atoms with Gasteiger partial charge in [0.15, 0.2) is 0 Å². The summed E-state index contributed by atoms with van der Waals surface area (Å²) >= 11 is 0. The Bertz CT molecular complexity index is 422. The first-order valence-corrected chi connectivity index (χ1v) is 8.42. The maximum Gasteiger partial charge on any atom is 0.0596 e. The lowest BCUT2D eigenvalue weighted by Crippen LogP contribution is -2.59. The molecule has 0 saturated heterocycles. The molecule has 4 nitrogen and oxygen atoms in total. The number of aryl methyl sites for hydroxylation is 2. The maximum atomic E-state index is 4.58. The minimum atomic E-state index is 0.162. The highest BCUT2D eigenvalue weighted by Crippen LogP contribution is 2.26. The van der Waals surface area contributed by atoms with Crippen molar-refractivity contribution < 1.29 is 0 Å². The summed E-state index contributed by atoms with van der Waals surface area (Å²) < 4.78 is 2.14. The third kappa shape index (κ3) is 3.86. The molecule has 4 heteroatoms. The lowest BCUT2D eigenvalue weighted by atomic mass is 9.84. The standard InChI is InChI=1S/C17H34N4/c1-8-17(6,20(9-2)10-3)16(18-7)13-15-12-14(5)19-21(15)11-4/h12,16,18H,8-11,13H2,1-7H3. The van der Waals surface area contributed by atoms with E-state index in [1.54, 1.807) is 0 Å². The maximum absolute atomic E-state index is 4.58. The molecule has 0 aromatic carbocycles. The molecule has 0 aliphatic rings. The number of aromatic nitrogens is 2. The fraction of sp³-hybridized carbons (Fsp3) is 0.824. The first kappa shape index (κ1) is 18.2. The van der Waals surface area contributed by atoms with Crippen molar-refractivity contribution in [2.24, 2.45) is 0 Å². The van der Waals surface area contributed by atoms with Gasteiger partial charge in [0.1, 0.15) is 0 Å². The van der Waals surface area contributed by atoms with Gasteiger partial charge in [-0.15, -0.1) is 0 Å². The highest BCUT2D eigenvalue weighted by atomic mass is 15.3. The summed E-state index contributed by atoms with van der Waals surface area (Å²) in [4.78, 5) is 2.58. The molecule has 0 aliphatic carbocycles. The molecule has 1 aromatic heterocycles. The van der Waals surface area contributed by atoms with Crippen molar-refractivity contribution in [1.82, 2.24) is 20.0 Å². The van der Waals surface area contributed by atoms with Crippen LogP contribution >= 0.6 is 0 Å². The fourth-order valence-corrected chi connectivity index (χ4v) is 3.52. The van der Waals surface area contributed by atoms with Gasteiger partial charge in [0.05, 0.1) is 5.69 Å². The summed E-state index contributed by atoms with van der Waals surface area (Å²) in [5.74, 6) is 0. The van der Waals surface area contributed by atoms with Gasteiger partial charge in [-0.25, -0.2) is 0 Å². The van der Waals surface area contributed by atoms with Gasteiger partial charge in [-0.05, 0) is 53.4 Å². The highest BCUT2D eigenvalue weighted by molar-refractivity contribution is 5.13. The van der Waals surface area contributed by atoms with Crippen molar-refractivity contribution in [2.75, 3.05) is 20.1 Å². The second-order valence-electron chi connectivity index (χ2n) is 6.02. The summed E-state index contributed by atoms with van der Waals surface area (Å²) in [6.45, 7) is 16.5. The number of nitrogens with zero attached hydrogens (tertiary/aromatic N) is 3. The summed E-state index contributed by atoms with van der Waals surface area (Å²) in [5.41, 5.74) is 2.61. The van der Waals surface area contributed by atoms with Crippen LogP contribution in [-0.2, 0) is 13.0 Å². The molecule has 1 rings (SSSR count). The van der Waals surface area contributed by atoms with Crippen molar-refractivity contribution in [3.8, 4) is 0 Å². The molecule has 0 radical (unpaired) electrons. The molecule has 0 bridgehead atoms. The normalized spacial score (nSPS) is 16.2. The van der Waals surface area contributed by atoms with Crippen LogP contribution in [0.1, 0.15) is 52.4 Å². The first-order valence-electron chi connectivity index (χ1n) is 8.42. The number of hydrogen-bond acceptors (Lipinski definition) is 3. The van der Waals surface area contributed by atoms with E-state index in [0.717, 1.165) is 38.2 Å². The molecule has 0 amide bonds. The van der Waals surface area contributed by atoms with Crippen molar-refractivity contribution >= 4 is 0 Å². The Balaban J connectivity index is 3.04. The minimum absolute atomic E-state index is 0.162. The number of nitrogens with one attached hydrogen (secondary N) is 1. The molecule has 1 N–H and O–H groups in total. The van der Waals surface area contributed by atoms with Gasteiger partial charge in [0.2, 0.25) is 0 Å². The van der Waals surface area contributed by atoms with E-state index in [2.05, 4.69) is 74.7 Å². The van der Waals surface area contributed by atoms with Crippen LogP contribution in [0.3, 0.4) is 0 Å². The smallest absolute Gasteiger partial charge is 0.0596 e. The van der Waals surface area contributed by atoms with E-state index in [1.165, 1.54) is 5.69 Å². The van der Waals surface area contributed by atoms with Gasteiger partial charge >= 0.3 is 0 Å². The van der Waals surface area contributed by atoms with E-state index in [4.69, 9.17) is 0 Å². The second-order valence-corrected chi connectivity index (χ2v) is 6.02. The lowest BCUT2D eigenvalue weighted by molar-refractivity contribution is 0.0723. The number of rotatable bonds is 9. The Morgan fingerprint density at radius 2 is 1.90 bits per heavy atom. The van der Waals surface area contributed by atoms with Gasteiger partial charge in [-0.1, -0.05) is 20.8 Å². The second kappa shape index (κ2) is 7.95. The Labute approximate surface area is 130 Å². The SMILES string of the molecule is CCN(CC)C(C)(CC)C(Cc1cc(C)nn1CC)NC. The van der Waals surface area contributed by atoms with Crippen LogP contribution in [0.2, 0.25) is 0 Å². The zero-order valence-corrected chi connectivity index (χ0v) is 15.0. The summed E-state index contributed by atoms with van der Waals surface area (Å²) in [6, 6.07) is 2.65. The van der Waals surface area contributed by atoms with Gasteiger partial charge in [-0.2, -0.15) is 5.10 Å². The molecule has 2 atom stereocenters. The molecule has 122 valence electrons. The predicted molar refractivity (Wildman–Crippen MR) is 90.8 cm³/mol. The Morgan fingerprint density at radius 1 is 1.29 bits per heavy atom. The lowest BCUT2D eigenvalue weighted by Gasteiger charge is -2.45. The monoisotopic (exact) mass is 294 g/mol. The van der Waals surface area contributed by atoms with E-state index >= 15 is 0 Å². The van der Waals surface area contributed by atoms with Gasteiger partial charge in [-0.3, -0.25) is 9.58 Å². The Kier molecular flexibility index (Phi) is 6.88. The van der Waals surface area contributed by atoms with Crippen molar-refractivity contribution in [3.05, 3.63) is 17.5 Å². The van der Waals surface area contributed by atoms with Crippen LogP contribution in [0.5, 0.6) is 0 Å². The molecule has 0 fully saturated rings. The summed E-state index contributed by atoms with van der Waals surface area (Å²) in [6.07, 6.45) is 2.16. The van der Waals surface area contributed by atoms with Gasteiger partial charge < -0.3 is 5.32 Å². The van der Waals surface area contributed by atoms with E-state index in [1.807, 2.05) is 0 Å². The van der Waals surface area contributed by atoms with E-state index in [-0.39, 0.29) is 5.54 Å². The highest BCUT2D eigenvalue weighted by Gasteiger charge is 2.36. The molecule has 0 aliphatic heterocycles. The number of hydrogen-bond donors (Lipinski definition) is 1. The Morgan fingerprint density at radius 3 is 2.33 bits per heavy atom.